The minimum absolute atomic E-state index is 0.165. The number of hydrogen-bond donors (Lipinski definition) is 1. The molecule has 1 fully saturated rings. The standard InChI is InChI=1S/C33H26N2O3/c1-33-28-25-13-7-5-11-23(25)27(24-12-6-8-14-26(24)28)29(33)31(37)35(32(33)38)22-17-15-21(16-18-22)30(36)34-19-20-9-3-2-4-10-20/h2-18,27-29H,19H2,1H3,(H,34,36)/t27?,28?,29-,33-/m0/s1. The predicted molar refractivity (Wildman–Crippen MR) is 145 cm³/mol. The summed E-state index contributed by atoms with van der Waals surface area (Å²) < 4.78 is 0. The monoisotopic (exact) mass is 498 g/mol. The lowest BCUT2D eigenvalue weighted by Gasteiger charge is -2.51. The summed E-state index contributed by atoms with van der Waals surface area (Å²) in [4.78, 5) is 42.3. The van der Waals surface area contributed by atoms with Crippen LogP contribution < -0.4 is 10.2 Å². The van der Waals surface area contributed by atoms with Gasteiger partial charge in [-0.1, -0.05) is 78.9 Å². The lowest BCUT2D eigenvalue weighted by Crippen LogP contribution is -2.49. The second-order valence-corrected chi connectivity index (χ2v) is 10.6. The normalized spacial score (nSPS) is 24.6. The summed E-state index contributed by atoms with van der Waals surface area (Å²) in [6, 6.07) is 33.0. The number of anilines is 1. The zero-order valence-electron chi connectivity index (χ0n) is 20.9. The highest BCUT2D eigenvalue weighted by Gasteiger charge is 2.68. The molecule has 5 nitrogen and oxygen atoms in total. The molecule has 5 heteroatoms. The van der Waals surface area contributed by atoms with Gasteiger partial charge in [0.15, 0.2) is 0 Å². The van der Waals surface area contributed by atoms with Crippen molar-refractivity contribution in [2.75, 3.05) is 4.90 Å². The summed E-state index contributed by atoms with van der Waals surface area (Å²) in [5, 5.41) is 2.92. The third-order valence-corrected chi connectivity index (χ3v) is 8.70. The Morgan fingerprint density at radius 1 is 0.763 bits per heavy atom. The highest BCUT2D eigenvalue weighted by molar-refractivity contribution is 6.25. The SMILES string of the molecule is C[C@@]12C(=O)N(c3ccc(C(=O)NCc4ccccc4)cc3)C(=O)[C@@H]1C1c3ccccc3C2c2ccccc21. The van der Waals surface area contributed by atoms with Crippen molar-refractivity contribution in [3.05, 3.63) is 137 Å². The molecule has 8 rings (SSSR count). The van der Waals surface area contributed by atoms with Gasteiger partial charge in [0, 0.05) is 23.9 Å². The Labute approximate surface area is 221 Å². The number of amides is 3. The van der Waals surface area contributed by atoms with Crippen LogP contribution in [0.2, 0.25) is 0 Å². The Hall–Kier alpha value is -4.51. The van der Waals surface area contributed by atoms with Crippen LogP contribution in [0.1, 0.15) is 56.9 Å². The molecule has 0 unspecified atom stereocenters. The summed E-state index contributed by atoms with van der Waals surface area (Å²) in [7, 11) is 0. The Bertz CT molecular complexity index is 1560. The minimum atomic E-state index is -0.879. The number of hydrogen-bond acceptors (Lipinski definition) is 3. The van der Waals surface area contributed by atoms with Gasteiger partial charge in [-0.2, -0.15) is 0 Å². The van der Waals surface area contributed by atoms with Gasteiger partial charge >= 0.3 is 0 Å². The van der Waals surface area contributed by atoms with E-state index in [1.807, 2.05) is 61.5 Å². The van der Waals surface area contributed by atoms with Gasteiger partial charge in [0.25, 0.3) is 5.91 Å². The maximum Gasteiger partial charge on any atom is 0.251 e. The molecule has 38 heavy (non-hydrogen) atoms. The summed E-state index contributed by atoms with van der Waals surface area (Å²) in [5.74, 6) is -1.37. The molecule has 0 saturated carbocycles. The van der Waals surface area contributed by atoms with Crippen LogP contribution in [0.4, 0.5) is 5.69 Å². The fourth-order valence-corrected chi connectivity index (χ4v) is 7.00. The van der Waals surface area contributed by atoms with Crippen molar-refractivity contribution in [3.8, 4) is 0 Å². The van der Waals surface area contributed by atoms with E-state index in [1.54, 1.807) is 24.3 Å². The lowest BCUT2D eigenvalue weighted by molar-refractivity contribution is -0.128. The van der Waals surface area contributed by atoms with Gasteiger partial charge in [-0.3, -0.25) is 14.4 Å². The van der Waals surface area contributed by atoms with Crippen molar-refractivity contribution >= 4 is 23.4 Å². The van der Waals surface area contributed by atoms with Gasteiger partial charge in [0.1, 0.15) is 0 Å². The summed E-state index contributed by atoms with van der Waals surface area (Å²) in [6.07, 6.45) is 0. The molecular formula is C33H26N2O3. The van der Waals surface area contributed by atoms with E-state index in [0.717, 1.165) is 27.8 Å². The molecule has 1 N–H and O–H groups in total. The maximum absolute atomic E-state index is 14.2. The molecule has 186 valence electrons. The molecule has 1 saturated heterocycles. The van der Waals surface area contributed by atoms with Crippen molar-refractivity contribution in [3.63, 3.8) is 0 Å². The van der Waals surface area contributed by atoms with Crippen molar-refractivity contribution in [2.45, 2.75) is 25.3 Å². The summed E-state index contributed by atoms with van der Waals surface area (Å²) in [6.45, 7) is 2.39. The van der Waals surface area contributed by atoms with Crippen LogP contribution >= 0.6 is 0 Å². The van der Waals surface area contributed by atoms with E-state index in [2.05, 4.69) is 29.6 Å². The number of rotatable bonds is 4. The van der Waals surface area contributed by atoms with Crippen LogP contribution in [-0.2, 0) is 16.1 Å². The molecule has 3 amide bonds. The van der Waals surface area contributed by atoms with Crippen LogP contribution in [0, 0.1) is 11.3 Å². The zero-order chi connectivity index (χ0) is 26.0. The van der Waals surface area contributed by atoms with Crippen molar-refractivity contribution in [1.82, 2.24) is 5.32 Å². The third kappa shape index (κ3) is 3.02. The Balaban J connectivity index is 1.22. The Morgan fingerprint density at radius 2 is 1.32 bits per heavy atom. The number of imide groups is 1. The van der Waals surface area contributed by atoms with Crippen LogP contribution in [-0.4, -0.2) is 17.7 Å². The quantitative estimate of drug-likeness (QED) is 0.383. The zero-order valence-corrected chi connectivity index (χ0v) is 20.9. The molecule has 4 aliphatic rings. The topological polar surface area (TPSA) is 66.5 Å². The minimum Gasteiger partial charge on any atom is -0.348 e. The van der Waals surface area contributed by atoms with E-state index in [-0.39, 0.29) is 29.6 Å². The molecule has 1 heterocycles. The predicted octanol–water partition coefficient (Wildman–Crippen LogP) is 5.40. The van der Waals surface area contributed by atoms with Crippen LogP contribution in [0.3, 0.4) is 0 Å². The molecule has 2 atom stereocenters. The fourth-order valence-electron chi connectivity index (χ4n) is 7.00. The van der Waals surface area contributed by atoms with E-state index in [0.29, 0.717) is 17.8 Å². The van der Waals surface area contributed by atoms with E-state index in [1.165, 1.54) is 4.90 Å². The first-order chi connectivity index (χ1) is 18.5. The van der Waals surface area contributed by atoms with E-state index >= 15 is 0 Å². The number of nitrogens with one attached hydrogen (secondary N) is 1. The first-order valence-corrected chi connectivity index (χ1v) is 13.0. The molecule has 1 aliphatic heterocycles. The number of nitrogens with zero attached hydrogens (tertiary/aromatic N) is 1. The Kier molecular flexibility index (Phi) is 4.92. The Morgan fingerprint density at radius 3 is 1.92 bits per heavy atom. The van der Waals surface area contributed by atoms with Gasteiger partial charge in [-0.05, 0) is 59.0 Å². The highest BCUT2D eigenvalue weighted by Crippen LogP contribution is 2.67. The third-order valence-electron chi connectivity index (χ3n) is 8.70. The number of carbonyl (C=O) groups is 3. The molecule has 0 spiro atoms. The average Bonchev–Trinajstić information content (AvgIpc) is 3.17. The molecule has 4 aromatic carbocycles. The van der Waals surface area contributed by atoms with Gasteiger partial charge in [-0.25, -0.2) is 4.90 Å². The molecule has 0 aromatic heterocycles. The smallest absolute Gasteiger partial charge is 0.251 e. The van der Waals surface area contributed by atoms with E-state index in [4.69, 9.17) is 0 Å². The first kappa shape index (κ1) is 22.7. The van der Waals surface area contributed by atoms with Crippen LogP contribution in [0.15, 0.2) is 103 Å². The van der Waals surface area contributed by atoms with Crippen LogP contribution in [0.25, 0.3) is 0 Å². The molecule has 0 radical (unpaired) electrons. The van der Waals surface area contributed by atoms with Gasteiger partial charge in [-0.15, -0.1) is 0 Å². The lowest BCUT2D eigenvalue weighted by atomic mass is 9.48. The summed E-state index contributed by atoms with van der Waals surface area (Å²) >= 11 is 0. The second kappa shape index (κ2) is 8.25. The van der Waals surface area contributed by atoms with Crippen molar-refractivity contribution in [1.29, 1.82) is 0 Å². The number of benzene rings is 4. The highest BCUT2D eigenvalue weighted by atomic mass is 16.2. The molecule has 4 aromatic rings. The van der Waals surface area contributed by atoms with E-state index < -0.39 is 11.3 Å². The number of carbonyl (C=O) groups excluding carboxylic acids is 3. The first-order valence-electron chi connectivity index (χ1n) is 13.0. The summed E-state index contributed by atoms with van der Waals surface area (Å²) in [5.41, 5.74) is 5.69. The molecular weight excluding hydrogens is 472 g/mol. The second-order valence-electron chi connectivity index (χ2n) is 10.6. The van der Waals surface area contributed by atoms with Crippen molar-refractivity contribution < 1.29 is 14.4 Å². The fraction of sp³-hybridized carbons (Fsp3) is 0.182. The van der Waals surface area contributed by atoms with E-state index in [9.17, 15) is 14.4 Å². The van der Waals surface area contributed by atoms with Crippen molar-refractivity contribution in [2.24, 2.45) is 11.3 Å². The maximum atomic E-state index is 14.2. The van der Waals surface area contributed by atoms with Gasteiger partial charge in [0.2, 0.25) is 11.8 Å². The van der Waals surface area contributed by atoms with Gasteiger partial charge < -0.3 is 5.32 Å². The van der Waals surface area contributed by atoms with Gasteiger partial charge in [0.05, 0.1) is 17.0 Å². The average molecular weight is 499 g/mol. The molecule has 2 bridgehead atoms. The van der Waals surface area contributed by atoms with Crippen LogP contribution in [0.5, 0.6) is 0 Å². The molecule has 3 aliphatic carbocycles. The largest absolute Gasteiger partial charge is 0.348 e.